The van der Waals surface area contributed by atoms with Crippen molar-refractivity contribution in [2.24, 2.45) is 16.7 Å². The number of amides is 1. The van der Waals surface area contributed by atoms with Crippen LogP contribution in [0.2, 0.25) is 0 Å². The summed E-state index contributed by atoms with van der Waals surface area (Å²) in [6.45, 7) is 12.1. The van der Waals surface area contributed by atoms with Gasteiger partial charge in [-0.25, -0.2) is 9.50 Å². The number of aromatic nitrogens is 4. The molecule has 1 aliphatic carbocycles. The van der Waals surface area contributed by atoms with Crippen molar-refractivity contribution in [3.63, 3.8) is 0 Å². The fourth-order valence-electron chi connectivity index (χ4n) is 4.90. The normalized spacial score (nSPS) is 24.9. The van der Waals surface area contributed by atoms with Crippen LogP contribution in [0.3, 0.4) is 0 Å². The third-order valence-electron chi connectivity index (χ3n) is 7.91. The van der Waals surface area contributed by atoms with Crippen molar-refractivity contribution in [3.8, 4) is 0 Å². The number of fused-ring (bicyclic) bond motifs is 1. The predicted molar refractivity (Wildman–Crippen MR) is 122 cm³/mol. The van der Waals surface area contributed by atoms with Crippen LogP contribution < -0.4 is 10.6 Å². The maximum Gasteiger partial charge on any atom is 0.257 e. The Hall–Kier alpha value is -2.96. The third kappa shape index (κ3) is 3.66. The minimum Gasteiger partial charge on any atom is -0.366 e. The molecule has 3 unspecified atom stereocenters. The molecule has 1 amide bonds. The monoisotopic (exact) mass is 420 g/mol. The number of hydrogen-bond donors (Lipinski definition) is 2. The van der Waals surface area contributed by atoms with Gasteiger partial charge >= 0.3 is 0 Å². The highest BCUT2D eigenvalue weighted by Gasteiger charge is 2.55. The molecule has 1 aliphatic rings. The van der Waals surface area contributed by atoms with Crippen molar-refractivity contribution in [2.45, 2.75) is 60.0 Å². The number of carbonyl (C=O) groups excluding carboxylic acids is 1. The summed E-state index contributed by atoms with van der Waals surface area (Å²) in [7, 11) is 0. The third-order valence-corrected chi connectivity index (χ3v) is 7.91. The van der Waals surface area contributed by atoms with Crippen LogP contribution >= 0.6 is 0 Å². The van der Waals surface area contributed by atoms with Crippen LogP contribution in [0.4, 0.5) is 5.82 Å². The lowest BCUT2D eigenvalue weighted by atomic mass is 9.63. The van der Waals surface area contributed by atoms with Crippen molar-refractivity contribution in [2.75, 3.05) is 5.32 Å². The molecule has 1 saturated carbocycles. The molecule has 3 atom stereocenters. The molecule has 0 bridgehead atoms. The zero-order valence-electron chi connectivity index (χ0n) is 19.0. The van der Waals surface area contributed by atoms with E-state index in [0.29, 0.717) is 29.5 Å². The maximum atomic E-state index is 13.3. The average molecular weight is 421 g/mol. The second-order valence-corrected chi connectivity index (χ2v) is 9.51. The average Bonchev–Trinajstić information content (AvgIpc) is 3.26. The van der Waals surface area contributed by atoms with Gasteiger partial charge in [-0.3, -0.25) is 9.78 Å². The predicted octanol–water partition coefficient (Wildman–Crippen LogP) is 4.32. The first-order valence-corrected chi connectivity index (χ1v) is 11.0. The van der Waals surface area contributed by atoms with E-state index in [1.807, 2.05) is 30.6 Å². The molecule has 0 aliphatic heterocycles. The Kier molecular flexibility index (Phi) is 5.45. The summed E-state index contributed by atoms with van der Waals surface area (Å²) in [6.07, 6.45) is 8.99. The molecule has 0 radical (unpaired) electrons. The van der Waals surface area contributed by atoms with E-state index in [1.54, 1.807) is 16.9 Å². The summed E-state index contributed by atoms with van der Waals surface area (Å²) in [4.78, 5) is 22.0. The Morgan fingerprint density at radius 2 is 2.06 bits per heavy atom. The number of carbonyl (C=O) groups is 1. The van der Waals surface area contributed by atoms with Gasteiger partial charge in [0, 0.05) is 31.2 Å². The number of nitrogens with zero attached hydrogens (tertiary/aromatic N) is 4. The summed E-state index contributed by atoms with van der Waals surface area (Å²) in [6, 6.07) is 5.89. The first kappa shape index (κ1) is 21.3. The van der Waals surface area contributed by atoms with Gasteiger partial charge < -0.3 is 10.6 Å². The lowest BCUT2D eigenvalue weighted by Crippen LogP contribution is -2.47. The molecule has 3 heterocycles. The molecule has 3 aromatic heterocycles. The van der Waals surface area contributed by atoms with Crippen LogP contribution in [0.5, 0.6) is 0 Å². The first-order valence-electron chi connectivity index (χ1n) is 11.0. The number of hydrogen-bond acceptors (Lipinski definition) is 5. The van der Waals surface area contributed by atoms with Gasteiger partial charge in [0.2, 0.25) is 0 Å². The molecule has 2 N–H and O–H groups in total. The Bertz CT molecular complexity index is 1080. The zero-order valence-corrected chi connectivity index (χ0v) is 19.0. The molecule has 4 rings (SSSR count). The van der Waals surface area contributed by atoms with Crippen LogP contribution in [0.15, 0.2) is 43.0 Å². The van der Waals surface area contributed by atoms with Gasteiger partial charge in [0.25, 0.3) is 5.91 Å². The summed E-state index contributed by atoms with van der Waals surface area (Å²) in [5.41, 5.74) is 2.31. The fourth-order valence-corrected chi connectivity index (χ4v) is 4.90. The van der Waals surface area contributed by atoms with Crippen molar-refractivity contribution >= 4 is 17.4 Å². The van der Waals surface area contributed by atoms with E-state index in [9.17, 15) is 4.79 Å². The van der Waals surface area contributed by atoms with Crippen molar-refractivity contribution in [1.29, 1.82) is 0 Å². The molecule has 0 saturated heterocycles. The van der Waals surface area contributed by atoms with Crippen LogP contribution in [0, 0.1) is 16.7 Å². The summed E-state index contributed by atoms with van der Waals surface area (Å²) >= 11 is 0. The van der Waals surface area contributed by atoms with E-state index in [0.717, 1.165) is 18.4 Å². The van der Waals surface area contributed by atoms with E-state index in [2.05, 4.69) is 60.3 Å². The second kappa shape index (κ2) is 7.94. The van der Waals surface area contributed by atoms with Gasteiger partial charge in [-0.05, 0) is 47.3 Å². The fraction of sp³-hybridized carbons (Fsp3) is 0.500. The molecule has 0 aromatic carbocycles. The molecule has 1 fully saturated rings. The Morgan fingerprint density at radius 3 is 2.77 bits per heavy atom. The van der Waals surface area contributed by atoms with Crippen LogP contribution in [-0.2, 0) is 6.54 Å². The van der Waals surface area contributed by atoms with Gasteiger partial charge in [0.05, 0.1) is 6.20 Å². The Morgan fingerprint density at radius 1 is 1.26 bits per heavy atom. The van der Waals surface area contributed by atoms with Crippen molar-refractivity contribution in [3.05, 3.63) is 54.1 Å². The van der Waals surface area contributed by atoms with Gasteiger partial charge in [0.1, 0.15) is 11.4 Å². The largest absolute Gasteiger partial charge is 0.366 e. The molecule has 31 heavy (non-hydrogen) atoms. The quantitative estimate of drug-likeness (QED) is 0.620. The van der Waals surface area contributed by atoms with E-state index in [4.69, 9.17) is 0 Å². The molecule has 7 nitrogen and oxygen atoms in total. The zero-order chi connectivity index (χ0) is 22.2. The SMILES string of the molecule is CCC1(C)C(NC(=O)c2cnn3ccc(NCc4cccnc4)nc23)CC(C)C1(C)C. The first-order chi connectivity index (χ1) is 14.8. The smallest absolute Gasteiger partial charge is 0.257 e. The Labute approximate surface area is 183 Å². The highest BCUT2D eigenvalue weighted by atomic mass is 16.1. The summed E-state index contributed by atoms with van der Waals surface area (Å²) in [5, 5.41) is 10.9. The molecule has 3 aromatic rings. The number of pyridine rings is 1. The van der Waals surface area contributed by atoms with Gasteiger partial charge in [0.15, 0.2) is 5.65 Å². The highest BCUT2D eigenvalue weighted by molar-refractivity contribution is 6.00. The van der Waals surface area contributed by atoms with Gasteiger partial charge in [-0.2, -0.15) is 5.10 Å². The van der Waals surface area contributed by atoms with Crippen molar-refractivity contribution in [1.82, 2.24) is 24.9 Å². The molecule has 7 heteroatoms. The van der Waals surface area contributed by atoms with E-state index < -0.39 is 0 Å². The van der Waals surface area contributed by atoms with Gasteiger partial charge in [-0.15, -0.1) is 0 Å². The van der Waals surface area contributed by atoms with Crippen LogP contribution in [0.25, 0.3) is 5.65 Å². The minimum atomic E-state index is -0.110. The lowest BCUT2D eigenvalue weighted by molar-refractivity contribution is 0.0636. The van der Waals surface area contributed by atoms with E-state index >= 15 is 0 Å². The van der Waals surface area contributed by atoms with Crippen LogP contribution in [-0.4, -0.2) is 31.5 Å². The van der Waals surface area contributed by atoms with E-state index in [1.165, 1.54) is 0 Å². The van der Waals surface area contributed by atoms with E-state index in [-0.39, 0.29) is 22.8 Å². The Balaban J connectivity index is 1.54. The molecular formula is C24H32N6O. The molecule has 164 valence electrons. The lowest BCUT2D eigenvalue weighted by Gasteiger charge is -2.43. The minimum absolute atomic E-state index is 0.0366. The topological polar surface area (TPSA) is 84.2 Å². The molecular weight excluding hydrogens is 388 g/mol. The summed E-state index contributed by atoms with van der Waals surface area (Å²) < 4.78 is 1.64. The standard InChI is InChI=1S/C24H32N6O/c1-6-24(5)19(12-16(2)23(24,3)4)28-22(31)18-15-27-30-11-9-20(29-21(18)30)26-14-17-8-7-10-25-13-17/h7-11,13,15-16,19H,6,12,14H2,1-5H3,(H,26,29)(H,28,31). The van der Waals surface area contributed by atoms with Crippen LogP contribution in [0.1, 0.15) is 63.4 Å². The summed E-state index contributed by atoms with van der Waals surface area (Å²) in [5.74, 6) is 1.12. The number of rotatable bonds is 6. The highest BCUT2D eigenvalue weighted by Crippen LogP contribution is 2.57. The number of anilines is 1. The number of nitrogens with one attached hydrogen (secondary N) is 2. The van der Waals surface area contributed by atoms with Crippen molar-refractivity contribution < 1.29 is 4.79 Å². The second-order valence-electron chi connectivity index (χ2n) is 9.51. The molecule has 0 spiro atoms. The maximum absolute atomic E-state index is 13.3. The van der Waals surface area contributed by atoms with Gasteiger partial charge in [-0.1, -0.05) is 40.7 Å².